The van der Waals surface area contributed by atoms with Gasteiger partial charge in [0, 0.05) is 19.1 Å². The molecule has 0 aromatic carbocycles. The summed E-state index contributed by atoms with van der Waals surface area (Å²) in [6, 6.07) is 0.0544. The predicted molar refractivity (Wildman–Crippen MR) is 60.0 cm³/mol. The van der Waals surface area contributed by atoms with Crippen LogP contribution in [0.25, 0.3) is 0 Å². The lowest BCUT2D eigenvalue weighted by molar-refractivity contribution is -0.110. The Bertz CT molecular complexity index is 260. The van der Waals surface area contributed by atoms with Gasteiger partial charge in [0.1, 0.15) is 5.60 Å². The third-order valence-corrected chi connectivity index (χ3v) is 2.38. The average Bonchev–Trinajstić information content (AvgIpc) is 2.16. The van der Waals surface area contributed by atoms with Gasteiger partial charge in [-0.25, -0.2) is 4.79 Å². The maximum atomic E-state index is 11.8. The summed E-state index contributed by atoms with van der Waals surface area (Å²) in [5.41, 5.74) is -0.470. The van der Waals surface area contributed by atoms with Crippen LogP contribution in [0.4, 0.5) is 4.79 Å². The van der Waals surface area contributed by atoms with Gasteiger partial charge in [-0.1, -0.05) is 0 Å². The highest BCUT2D eigenvalue weighted by Gasteiger charge is 2.27. The van der Waals surface area contributed by atoms with Crippen molar-refractivity contribution < 1.29 is 14.3 Å². The van der Waals surface area contributed by atoms with Crippen LogP contribution in [-0.2, 0) is 9.53 Å². The monoisotopic (exact) mass is 228 g/mol. The molecule has 2 amide bonds. The lowest BCUT2D eigenvalue weighted by Crippen LogP contribution is -2.49. The normalized spacial score (nSPS) is 21.4. The summed E-state index contributed by atoms with van der Waals surface area (Å²) >= 11 is 0. The third kappa shape index (κ3) is 4.08. The van der Waals surface area contributed by atoms with Crippen LogP contribution in [0.2, 0.25) is 0 Å². The van der Waals surface area contributed by atoms with Gasteiger partial charge in [0.2, 0.25) is 6.41 Å². The fourth-order valence-corrected chi connectivity index (χ4v) is 1.70. The summed E-state index contributed by atoms with van der Waals surface area (Å²) in [6.07, 6.45) is 2.19. The number of ether oxygens (including phenoxy) is 1. The highest BCUT2D eigenvalue weighted by atomic mass is 16.6. The van der Waals surface area contributed by atoms with Crippen LogP contribution in [0, 0.1) is 0 Å². The Labute approximate surface area is 96.1 Å². The molecule has 0 aromatic rings. The second-order valence-electron chi connectivity index (χ2n) is 5.05. The lowest BCUT2D eigenvalue weighted by atomic mass is 10.1. The van der Waals surface area contributed by atoms with Gasteiger partial charge in [0.05, 0.1) is 0 Å². The minimum absolute atomic E-state index is 0.0544. The second-order valence-corrected chi connectivity index (χ2v) is 5.05. The number of nitrogens with zero attached hydrogens (tertiary/aromatic N) is 1. The summed E-state index contributed by atoms with van der Waals surface area (Å²) in [5.74, 6) is 0. The first kappa shape index (κ1) is 12.8. The van der Waals surface area contributed by atoms with E-state index in [2.05, 4.69) is 5.32 Å². The van der Waals surface area contributed by atoms with Crippen LogP contribution in [0.1, 0.15) is 33.6 Å². The molecule has 0 unspecified atom stereocenters. The van der Waals surface area contributed by atoms with Crippen LogP contribution >= 0.6 is 0 Å². The lowest BCUT2D eigenvalue weighted by Gasteiger charge is -2.33. The Kier molecular flexibility index (Phi) is 4.15. The van der Waals surface area contributed by atoms with Gasteiger partial charge in [0.25, 0.3) is 0 Å². The van der Waals surface area contributed by atoms with Crippen LogP contribution in [0.15, 0.2) is 0 Å². The molecule has 1 aliphatic heterocycles. The van der Waals surface area contributed by atoms with Gasteiger partial charge >= 0.3 is 6.09 Å². The first-order valence-corrected chi connectivity index (χ1v) is 5.60. The number of likely N-dealkylation sites (tertiary alicyclic amines) is 1. The van der Waals surface area contributed by atoms with E-state index in [1.807, 2.05) is 20.8 Å². The van der Waals surface area contributed by atoms with E-state index in [4.69, 9.17) is 4.74 Å². The molecule has 5 nitrogen and oxygen atoms in total. The summed E-state index contributed by atoms with van der Waals surface area (Å²) in [5, 5.41) is 2.70. The van der Waals surface area contributed by atoms with Gasteiger partial charge in [-0.3, -0.25) is 4.79 Å². The molecule has 0 aromatic heterocycles. The van der Waals surface area contributed by atoms with Crippen LogP contribution in [0.5, 0.6) is 0 Å². The molecule has 1 aliphatic rings. The van der Waals surface area contributed by atoms with Crippen molar-refractivity contribution in [2.45, 2.75) is 45.3 Å². The third-order valence-electron chi connectivity index (χ3n) is 2.38. The molecule has 0 aliphatic carbocycles. The molecule has 16 heavy (non-hydrogen) atoms. The fraction of sp³-hybridized carbons (Fsp3) is 0.818. The first-order valence-electron chi connectivity index (χ1n) is 5.60. The number of hydrogen-bond donors (Lipinski definition) is 1. The van der Waals surface area contributed by atoms with E-state index in [1.54, 1.807) is 4.90 Å². The average molecular weight is 228 g/mol. The molecule has 0 spiro atoms. The number of piperidine rings is 1. The summed E-state index contributed by atoms with van der Waals surface area (Å²) in [7, 11) is 0. The maximum Gasteiger partial charge on any atom is 0.410 e. The molecule has 1 heterocycles. The number of carbonyl (C=O) groups excluding carboxylic acids is 2. The van der Waals surface area contributed by atoms with E-state index in [1.165, 1.54) is 0 Å². The van der Waals surface area contributed by atoms with Crippen molar-refractivity contribution in [2.24, 2.45) is 0 Å². The number of nitrogens with one attached hydrogen (secondary N) is 1. The molecule has 1 fully saturated rings. The van der Waals surface area contributed by atoms with E-state index in [0.29, 0.717) is 19.5 Å². The summed E-state index contributed by atoms with van der Waals surface area (Å²) in [6.45, 7) is 6.77. The predicted octanol–water partition coefficient (Wildman–Crippen LogP) is 1.13. The number of rotatable bonds is 2. The molecule has 1 atom stereocenters. The second kappa shape index (κ2) is 5.18. The van der Waals surface area contributed by atoms with Crippen molar-refractivity contribution in [3.05, 3.63) is 0 Å². The molecule has 0 bridgehead atoms. The Morgan fingerprint density at radius 3 is 2.75 bits per heavy atom. The minimum Gasteiger partial charge on any atom is -0.444 e. The van der Waals surface area contributed by atoms with Crippen molar-refractivity contribution in [1.82, 2.24) is 10.2 Å². The van der Waals surface area contributed by atoms with Crippen LogP contribution < -0.4 is 5.32 Å². The molecular weight excluding hydrogens is 208 g/mol. The Hall–Kier alpha value is -1.26. The zero-order valence-electron chi connectivity index (χ0n) is 10.2. The van der Waals surface area contributed by atoms with E-state index in [-0.39, 0.29) is 12.1 Å². The van der Waals surface area contributed by atoms with E-state index >= 15 is 0 Å². The van der Waals surface area contributed by atoms with Crippen LogP contribution in [0.3, 0.4) is 0 Å². The molecule has 0 saturated carbocycles. The summed E-state index contributed by atoms with van der Waals surface area (Å²) < 4.78 is 5.27. The first-order chi connectivity index (χ1) is 7.42. The molecule has 5 heteroatoms. The van der Waals surface area contributed by atoms with E-state index in [9.17, 15) is 9.59 Å². The Morgan fingerprint density at radius 2 is 2.19 bits per heavy atom. The molecule has 92 valence electrons. The largest absolute Gasteiger partial charge is 0.444 e. The molecule has 1 saturated heterocycles. The minimum atomic E-state index is -0.470. The highest BCUT2D eigenvalue weighted by Crippen LogP contribution is 2.14. The van der Waals surface area contributed by atoms with Gasteiger partial charge in [-0.05, 0) is 33.6 Å². The Balaban J connectivity index is 2.47. The Morgan fingerprint density at radius 1 is 1.50 bits per heavy atom. The van der Waals surface area contributed by atoms with Gasteiger partial charge in [0.15, 0.2) is 0 Å². The van der Waals surface area contributed by atoms with Crippen molar-refractivity contribution in [2.75, 3.05) is 13.1 Å². The quantitative estimate of drug-likeness (QED) is 0.721. The molecular formula is C11H20N2O3. The molecule has 1 rings (SSSR count). The SMILES string of the molecule is CC(C)(C)OC(=O)N1CCC[C@H](NC=O)C1. The topological polar surface area (TPSA) is 58.6 Å². The van der Waals surface area contributed by atoms with E-state index < -0.39 is 5.60 Å². The van der Waals surface area contributed by atoms with Crippen molar-refractivity contribution >= 4 is 12.5 Å². The number of amides is 2. The zero-order valence-corrected chi connectivity index (χ0v) is 10.2. The summed E-state index contributed by atoms with van der Waals surface area (Å²) in [4.78, 5) is 23.7. The van der Waals surface area contributed by atoms with Gasteiger partial charge in [-0.2, -0.15) is 0 Å². The van der Waals surface area contributed by atoms with Gasteiger partial charge < -0.3 is 15.0 Å². The van der Waals surface area contributed by atoms with Gasteiger partial charge in [-0.15, -0.1) is 0 Å². The smallest absolute Gasteiger partial charge is 0.410 e. The van der Waals surface area contributed by atoms with E-state index in [0.717, 1.165) is 12.8 Å². The fourth-order valence-electron chi connectivity index (χ4n) is 1.70. The maximum absolute atomic E-state index is 11.8. The highest BCUT2D eigenvalue weighted by molar-refractivity contribution is 5.68. The zero-order chi connectivity index (χ0) is 12.2. The standard InChI is InChI=1S/C11H20N2O3/c1-11(2,3)16-10(15)13-6-4-5-9(7-13)12-8-14/h8-9H,4-7H2,1-3H3,(H,12,14)/t9-/m0/s1. The van der Waals surface area contributed by atoms with Crippen molar-refractivity contribution in [3.63, 3.8) is 0 Å². The number of carbonyl (C=O) groups is 2. The van der Waals surface area contributed by atoms with Crippen molar-refractivity contribution in [3.8, 4) is 0 Å². The molecule has 1 N–H and O–H groups in total. The molecule has 0 radical (unpaired) electrons. The van der Waals surface area contributed by atoms with Crippen LogP contribution in [-0.4, -0.2) is 42.1 Å². The number of hydrogen-bond acceptors (Lipinski definition) is 3. The van der Waals surface area contributed by atoms with Crippen molar-refractivity contribution in [1.29, 1.82) is 0 Å².